The van der Waals surface area contributed by atoms with Gasteiger partial charge in [0.25, 0.3) is 0 Å². The lowest BCUT2D eigenvalue weighted by atomic mass is 9.84. The summed E-state index contributed by atoms with van der Waals surface area (Å²) >= 11 is 0. The summed E-state index contributed by atoms with van der Waals surface area (Å²) in [5.74, 6) is -1.12. The summed E-state index contributed by atoms with van der Waals surface area (Å²) in [6, 6.07) is 76.7. The van der Waals surface area contributed by atoms with E-state index >= 15 is 4.57 Å². The standard InChI is InChI=1S/C114H157O23P/c1-4-6-8-10-12-14-16-18-20-22-24-26-28-30-56-74-99(115)124-84-96(132-100(116)75-57-31-29-27-25-23-21-19-17-15-13-11-9-7-5-2)85-131-138(120,121-3)137-110-106(135-113-111(129-82-94-70-52-38-53-71-94)108(127-80-92-66-48-36-49-67-92)104(125-78-90-62-44-34-45-63-90)97(133-113)86-122-76-88-58-40-32-41-59-88)102(118)101(117)103(119)107(110)136-114-112(130-83-95-72-54-39-55-73-95)109(128-81-93-68-50-37-51-69-93)105(126-79-91-64-46-35-47-65-91)98(134-114)87-123-77-89-60-42-33-43-61-89/h32-55,58-73,96-98,101-114,117-119H,4-31,56-57,74-87H2,1-3H3/t96-,97-,98-,101?,102-,103+,104-,105-,106-,107-,108+,109+,110?,111+,112+,113-,114-,138-/m1/s1. The summed E-state index contributed by atoms with van der Waals surface area (Å²) in [7, 11) is -4.22. The van der Waals surface area contributed by atoms with Gasteiger partial charge < -0.3 is 81.6 Å². The number of carbonyl (C=O) groups excluding carboxylic acids is 2. The third-order valence-corrected chi connectivity index (χ3v) is 27.3. The molecule has 0 spiro atoms. The van der Waals surface area contributed by atoms with Crippen LogP contribution in [0.25, 0.3) is 0 Å². The largest absolute Gasteiger partial charge is 0.475 e. The van der Waals surface area contributed by atoms with Crippen molar-refractivity contribution >= 4 is 19.8 Å². The Morgan fingerprint density at radius 1 is 0.304 bits per heavy atom. The number of phosphoric acid groups is 1. The van der Waals surface area contributed by atoms with Crippen LogP contribution >= 0.6 is 7.82 Å². The fourth-order valence-corrected chi connectivity index (χ4v) is 19.1. The second kappa shape index (κ2) is 65.4. The van der Waals surface area contributed by atoms with Crippen LogP contribution in [0.1, 0.15) is 264 Å². The number of aliphatic hydroxyl groups excluding tert-OH is 3. The number of carbonyl (C=O) groups is 2. The number of benzene rings is 8. The van der Waals surface area contributed by atoms with E-state index in [0.29, 0.717) is 12.8 Å². The smallest absolute Gasteiger partial charge is 0.462 e. The van der Waals surface area contributed by atoms with Crippen molar-refractivity contribution in [2.24, 2.45) is 0 Å². The van der Waals surface area contributed by atoms with Gasteiger partial charge in [0.15, 0.2) is 18.7 Å². The molecule has 0 bridgehead atoms. The summed E-state index contributed by atoms with van der Waals surface area (Å²) < 4.78 is 133. The minimum atomic E-state index is -5.30. The molecular weight excluding hydrogens is 1770 g/mol. The van der Waals surface area contributed by atoms with Crippen LogP contribution < -0.4 is 0 Å². The van der Waals surface area contributed by atoms with Gasteiger partial charge in [0.2, 0.25) is 0 Å². The van der Waals surface area contributed by atoms with Gasteiger partial charge in [-0.2, -0.15) is 0 Å². The van der Waals surface area contributed by atoms with E-state index in [1.165, 1.54) is 128 Å². The third kappa shape index (κ3) is 40.2. The first kappa shape index (κ1) is 111. The van der Waals surface area contributed by atoms with Gasteiger partial charge in [-0.25, -0.2) is 4.57 Å². The molecule has 3 fully saturated rings. The average Bonchev–Trinajstić information content (AvgIpc) is 0.750. The maximum atomic E-state index is 16.5. The fraction of sp³-hybridized carbons (Fsp3) is 0.561. The van der Waals surface area contributed by atoms with E-state index in [-0.39, 0.29) is 78.9 Å². The summed E-state index contributed by atoms with van der Waals surface area (Å²) in [4.78, 5) is 28.2. The normalized spacial score (nSPS) is 22.8. The highest BCUT2D eigenvalue weighted by atomic mass is 31.2. The molecule has 0 aromatic heterocycles. The molecule has 23 nitrogen and oxygen atoms in total. The molecular formula is C114H157O23P. The van der Waals surface area contributed by atoms with Crippen molar-refractivity contribution < 1.29 is 109 Å². The Hall–Kier alpha value is -7.79. The number of ether oxygens (including phenoxy) is 14. The number of hydrogen-bond donors (Lipinski definition) is 3. The van der Waals surface area contributed by atoms with E-state index < -0.39 is 137 Å². The Morgan fingerprint density at radius 3 is 0.855 bits per heavy atom. The zero-order valence-corrected chi connectivity index (χ0v) is 82.9. The molecule has 3 N–H and O–H groups in total. The zero-order chi connectivity index (χ0) is 96.5. The SMILES string of the molecule is CCCCCCCCCCCCCCCCCC(=O)OC[C@H](CO[P@@](=O)(OC)OC1[C@H](O[C@H]2O[C@H](COCc3ccccc3)[C@@H](OCc3ccccc3)[C@H](OCc3ccccc3)[C@@H]2OCc2ccccc2)[C@H](O)C(O)[C@H](O)[C@H]1O[C@H]1O[C@H](COCc2ccccc2)[C@@H](OCc2ccccc2)[C@H](OCc2ccccc2)[C@@H]1OCc1ccccc1)OC(=O)CCCCCCCCCCCCCCCCC. The number of hydrogen-bond acceptors (Lipinski definition) is 23. The monoisotopic (exact) mass is 1930 g/mol. The van der Waals surface area contributed by atoms with Crippen molar-refractivity contribution in [2.75, 3.05) is 33.5 Å². The molecule has 756 valence electrons. The Balaban J connectivity index is 0.944. The second-order valence-electron chi connectivity index (χ2n) is 37.0. The van der Waals surface area contributed by atoms with E-state index in [1.54, 1.807) is 0 Å². The van der Waals surface area contributed by atoms with Gasteiger partial charge in [-0.15, -0.1) is 0 Å². The lowest BCUT2D eigenvalue weighted by Crippen LogP contribution is -2.70. The van der Waals surface area contributed by atoms with Gasteiger partial charge in [0.05, 0.1) is 72.7 Å². The molecule has 3 aliphatic rings. The number of esters is 2. The molecule has 2 heterocycles. The molecule has 8 aromatic rings. The average molecular weight is 1930 g/mol. The Morgan fingerprint density at radius 2 is 0.565 bits per heavy atom. The van der Waals surface area contributed by atoms with Crippen LogP contribution in [0.5, 0.6) is 0 Å². The van der Waals surface area contributed by atoms with Crippen LogP contribution in [0.4, 0.5) is 0 Å². The summed E-state index contributed by atoms with van der Waals surface area (Å²) in [5.41, 5.74) is 6.53. The van der Waals surface area contributed by atoms with Crippen molar-refractivity contribution in [1.82, 2.24) is 0 Å². The molecule has 8 aromatic carbocycles. The van der Waals surface area contributed by atoms with E-state index in [1.807, 2.05) is 243 Å². The van der Waals surface area contributed by atoms with Crippen LogP contribution in [0, 0.1) is 0 Å². The number of phosphoric ester groups is 1. The fourth-order valence-electron chi connectivity index (χ4n) is 18.0. The Bertz CT molecular complexity index is 4270. The topological polar surface area (TPSA) is 269 Å². The van der Waals surface area contributed by atoms with Gasteiger partial charge in [-0.3, -0.25) is 23.2 Å². The molecule has 1 saturated carbocycles. The van der Waals surface area contributed by atoms with Crippen molar-refractivity contribution in [3.8, 4) is 0 Å². The van der Waals surface area contributed by atoms with E-state index in [4.69, 9.17) is 79.9 Å². The number of aliphatic hydroxyl groups is 3. The van der Waals surface area contributed by atoms with Crippen molar-refractivity contribution in [3.05, 3.63) is 287 Å². The molecule has 2 aliphatic heterocycles. The molecule has 0 radical (unpaired) electrons. The zero-order valence-electron chi connectivity index (χ0n) is 82.0. The lowest BCUT2D eigenvalue weighted by molar-refractivity contribution is -0.374. The van der Waals surface area contributed by atoms with Crippen LogP contribution in [-0.4, -0.2) is 165 Å². The van der Waals surface area contributed by atoms with Gasteiger partial charge in [-0.05, 0) is 57.3 Å². The molecule has 138 heavy (non-hydrogen) atoms. The lowest BCUT2D eigenvalue weighted by Gasteiger charge is -2.51. The van der Waals surface area contributed by atoms with Gasteiger partial charge >= 0.3 is 19.8 Å². The van der Waals surface area contributed by atoms with Crippen molar-refractivity contribution in [1.29, 1.82) is 0 Å². The molecule has 24 heteroatoms. The number of rotatable bonds is 71. The van der Waals surface area contributed by atoms with Crippen molar-refractivity contribution in [2.45, 2.75) is 376 Å². The van der Waals surface area contributed by atoms with Gasteiger partial charge in [0, 0.05) is 20.0 Å². The van der Waals surface area contributed by atoms with Crippen LogP contribution in [0.15, 0.2) is 243 Å². The predicted molar refractivity (Wildman–Crippen MR) is 533 cm³/mol. The van der Waals surface area contributed by atoms with Crippen molar-refractivity contribution in [3.63, 3.8) is 0 Å². The molecule has 1 aliphatic carbocycles. The molecule has 2 unspecified atom stereocenters. The predicted octanol–water partition coefficient (Wildman–Crippen LogP) is 23.4. The highest BCUT2D eigenvalue weighted by molar-refractivity contribution is 7.48. The first-order chi connectivity index (χ1) is 67.8. The summed E-state index contributed by atoms with van der Waals surface area (Å²) in [6.45, 7) is 3.37. The molecule has 11 rings (SSSR count). The maximum absolute atomic E-state index is 16.5. The highest BCUT2D eigenvalue weighted by Crippen LogP contribution is 2.53. The van der Waals surface area contributed by atoms with Gasteiger partial charge in [0.1, 0.15) is 92.1 Å². The Kier molecular flexibility index (Phi) is 52.4. The quantitative estimate of drug-likeness (QED) is 0.0182. The van der Waals surface area contributed by atoms with Crippen LogP contribution in [0.3, 0.4) is 0 Å². The summed E-state index contributed by atoms with van der Waals surface area (Å²) in [5, 5.41) is 39.6. The first-order valence-electron chi connectivity index (χ1n) is 51.5. The van der Waals surface area contributed by atoms with E-state index in [2.05, 4.69) is 13.8 Å². The molecule has 18 atom stereocenters. The molecule has 0 amide bonds. The van der Waals surface area contributed by atoms with E-state index in [0.717, 1.165) is 103 Å². The number of unbranched alkanes of at least 4 members (excludes halogenated alkanes) is 28. The van der Waals surface area contributed by atoms with Crippen LogP contribution in [0.2, 0.25) is 0 Å². The third-order valence-electron chi connectivity index (χ3n) is 25.9. The highest BCUT2D eigenvalue weighted by Gasteiger charge is 2.60. The second-order valence-corrected chi connectivity index (χ2v) is 38.7. The minimum Gasteiger partial charge on any atom is -0.462 e. The van der Waals surface area contributed by atoms with Crippen LogP contribution in [-0.2, 0) is 147 Å². The molecule has 2 saturated heterocycles. The maximum Gasteiger partial charge on any atom is 0.475 e. The Labute approximate surface area is 821 Å². The minimum absolute atomic E-state index is 0.0229. The summed E-state index contributed by atoms with van der Waals surface area (Å²) in [6.07, 6.45) is 8.10. The first-order valence-corrected chi connectivity index (χ1v) is 53.0. The van der Waals surface area contributed by atoms with E-state index in [9.17, 15) is 24.9 Å². The van der Waals surface area contributed by atoms with Gasteiger partial charge in [-0.1, -0.05) is 436 Å².